The molecule has 3 N–H and O–H groups in total. The molecule has 0 aromatic carbocycles. The van der Waals surface area contributed by atoms with E-state index < -0.39 is 30.7 Å². The quantitative estimate of drug-likeness (QED) is 0.524. The molecule has 0 bridgehead atoms. The maximum Gasteiger partial charge on any atom is 0.267 e. The Hall–Kier alpha value is -1.10. The molecular formula is C20H29ClF3N5O2. The molecule has 174 valence electrons. The van der Waals surface area contributed by atoms with Crippen LogP contribution in [0.2, 0.25) is 0 Å². The van der Waals surface area contributed by atoms with Gasteiger partial charge in [-0.15, -0.1) is 11.6 Å². The van der Waals surface area contributed by atoms with Crippen LogP contribution in [-0.4, -0.2) is 89.4 Å². The van der Waals surface area contributed by atoms with E-state index in [1.807, 2.05) is 0 Å². The minimum absolute atomic E-state index is 0.0137. The van der Waals surface area contributed by atoms with Crippen molar-refractivity contribution in [3.05, 3.63) is 0 Å². The van der Waals surface area contributed by atoms with Gasteiger partial charge in [-0.3, -0.25) is 15.0 Å². The fourth-order valence-corrected chi connectivity index (χ4v) is 6.55. The van der Waals surface area contributed by atoms with Crippen LogP contribution < -0.4 is 16.2 Å². The molecule has 0 spiro atoms. The van der Waals surface area contributed by atoms with Gasteiger partial charge in [0.15, 0.2) is 0 Å². The van der Waals surface area contributed by atoms with Crippen molar-refractivity contribution in [1.82, 2.24) is 26.0 Å². The number of fused-ring (bicyclic) bond motifs is 2. The molecule has 0 aromatic heterocycles. The third-order valence-electron chi connectivity index (χ3n) is 7.76. The molecule has 1 aliphatic carbocycles. The van der Waals surface area contributed by atoms with Crippen molar-refractivity contribution in [2.24, 2.45) is 11.8 Å². The standard InChI is InChI=1S/C20H29ClF3N5O2/c21-13-5-10(22)6-15-11(13)7-16(25-15)18(30)28-3-1-14-12(8-28)17(27-26-14)19(31)29-4-2-20(23,24)9-29/h10-17,25-27H,1-9H2. The van der Waals surface area contributed by atoms with Gasteiger partial charge in [-0.2, -0.15) is 0 Å². The van der Waals surface area contributed by atoms with Crippen LogP contribution in [0.4, 0.5) is 13.2 Å². The van der Waals surface area contributed by atoms with Gasteiger partial charge in [0.1, 0.15) is 12.2 Å². The van der Waals surface area contributed by atoms with E-state index in [0.29, 0.717) is 38.8 Å². The van der Waals surface area contributed by atoms with Crippen molar-refractivity contribution in [3.63, 3.8) is 0 Å². The summed E-state index contributed by atoms with van der Waals surface area (Å²) in [6.45, 7) is 0.441. The molecule has 4 saturated heterocycles. The van der Waals surface area contributed by atoms with Crippen molar-refractivity contribution >= 4 is 23.4 Å². The van der Waals surface area contributed by atoms with E-state index in [-0.39, 0.29) is 54.1 Å². The summed E-state index contributed by atoms with van der Waals surface area (Å²) in [5, 5.41) is 3.02. The van der Waals surface area contributed by atoms with Crippen molar-refractivity contribution in [1.29, 1.82) is 0 Å². The molecule has 2 amide bonds. The number of piperidine rings is 1. The highest BCUT2D eigenvalue weighted by molar-refractivity contribution is 6.21. The van der Waals surface area contributed by atoms with Crippen LogP contribution in [0.15, 0.2) is 0 Å². The minimum atomic E-state index is -2.83. The lowest BCUT2D eigenvalue weighted by Crippen LogP contribution is -2.55. The van der Waals surface area contributed by atoms with E-state index in [0.717, 1.165) is 0 Å². The zero-order valence-electron chi connectivity index (χ0n) is 17.2. The monoisotopic (exact) mass is 463 g/mol. The zero-order valence-corrected chi connectivity index (χ0v) is 18.0. The van der Waals surface area contributed by atoms with Crippen LogP contribution in [0.3, 0.4) is 0 Å². The van der Waals surface area contributed by atoms with Crippen molar-refractivity contribution in [2.45, 2.75) is 73.7 Å². The van der Waals surface area contributed by atoms with Gasteiger partial charge in [0.05, 0.1) is 12.6 Å². The number of hydrazine groups is 1. The van der Waals surface area contributed by atoms with E-state index in [4.69, 9.17) is 11.6 Å². The van der Waals surface area contributed by atoms with Gasteiger partial charge in [-0.05, 0) is 31.6 Å². The van der Waals surface area contributed by atoms with Crippen molar-refractivity contribution in [2.75, 3.05) is 26.2 Å². The molecule has 4 heterocycles. The number of likely N-dealkylation sites (tertiary alicyclic amines) is 2. The highest BCUT2D eigenvalue weighted by Gasteiger charge is 2.50. The Balaban J connectivity index is 1.22. The van der Waals surface area contributed by atoms with Crippen molar-refractivity contribution < 1.29 is 22.8 Å². The fraction of sp³-hybridized carbons (Fsp3) is 0.900. The molecule has 5 fully saturated rings. The van der Waals surface area contributed by atoms with Crippen LogP contribution in [0.25, 0.3) is 0 Å². The van der Waals surface area contributed by atoms with Gasteiger partial charge in [0, 0.05) is 49.4 Å². The number of carbonyl (C=O) groups is 2. The number of amides is 2. The first-order valence-electron chi connectivity index (χ1n) is 11.2. The topological polar surface area (TPSA) is 76.7 Å². The molecule has 11 heteroatoms. The highest BCUT2D eigenvalue weighted by Crippen LogP contribution is 2.39. The number of halogens is 4. The maximum absolute atomic E-state index is 13.9. The fourth-order valence-electron chi connectivity index (χ4n) is 6.08. The summed E-state index contributed by atoms with van der Waals surface area (Å²) in [6, 6.07) is -1.10. The average Bonchev–Trinajstić information content (AvgIpc) is 3.42. The Labute approximate surface area is 184 Å². The minimum Gasteiger partial charge on any atom is -0.341 e. The lowest BCUT2D eigenvalue weighted by molar-refractivity contribution is -0.138. The first-order valence-corrected chi connectivity index (χ1v) is 11.7. The Morgan fingerprint density at radius 3 is 2.52 bits per heavy atom. The Morgan fingerprint density at radius 1 is 0.968 bits per heavy atom. The second-order valence-electron chi connectivity index (χ2n) is 9.79. The average molecular weight is 464 g/mol. The van der Waals surface area contributed by atoms with E-state index >= 15 is 0 Å². The third kappa shape index (κ3) is 4.05. The van der Waals surface area contributed by atoms with Crippen LogP contribution in [0.1, 0.15) is 32.1 Å². The van der Waals surface area contributed by atoms with E-state index in [9.17, 15) is 22.8 Å². The Morgan fingerprint density at radius 2 is 1.77 bits per heavy atom. The van der Waals surface area contributed by atoms with Crippen molar-refractivity contribution in [3.8, 4) is 0 Å². The van der Waals surface area contributed by atoms with Gasteiger partial charge in [0.2, 0.25) is 11.8 Å². The molecule has 4 aliphatic heterocycles. The largest absolute Gasteiger partial charge is 0.341 e. The molecule has 0 aromatic rings. The summed E-state index contributed by atoms with van der Waals surface area (Å²) < 4.78 is 41.0. The molecule has 0 radical (unpaired) electrons. The lowest BCUT2D eigenvalue weighted by Gasteiger charge is -2.37. The number of nitrogens with one attached hydrogen (secondary N) is 3. The van der Waals surface area contributed by atoms with Crippen LogP contribution in [0, 0.1) is 11.8 Å². The number of carbonyl (C=O) groups excluding carboxylic acids is 2. The van der Waals surface area contributed by atoms with Gasteiger partial charge in [0.25, 0.3) is 5.92 Å². The third-order valence-corrected chi connectivity index (χ3v) is 8.26. The number of nitrogens with zero attached hydrogens (tertiary/aromatic N) is 2. The Kier molecular flexibility index (Phi) is 5.64. The van der Waals surface area contributed by atoms with E-state index in [2.05, 4.69) is 16.2 Å². The maximum atomic E-state index is 13.9. The molecule has 8 unspecified atom stereocenters. The SMILES string of the molecule is O=C(C1CC2C(Cl)CC(F)CC2N1)N1CCC2NNC(C(=O)N3CCC(F)(F)C3)C2C1. The second kappa shape index (κ2) is 8.04. The van der Waals surface area contributed by atoms with Crippen LogP contribution >= 0.6 is 11.6 Å². The predicted octanol–water partition coefficient (Wildman–Crippen LogP) is 0.634. The first-order chi connectivity index (χ1) is 14.7. The number of hydrogen-bond donors (Lipinski definition) is 3. The van der Waals surface area contributed by atoms with E-state index in [1.54, 1.807) is 4.90 Å². The number of rotatable bonds is 2. The highest BCUT2D eigenvalue weighted by atomic mass is 35.5. The summed E-state index contributed by atoms with van der Waals surface area (Å²) in [7, 11) is 0. The van der Waals surface area contributed by atoms with Gasteiger partial charge < -0.3 is 15.1 Å². The lowest BCUT2D eigenvalue weighted by atomic mass is 9.83. The van der Waals surface area contributed by atoms with E-state index in [1.165, 1.54) is 4.90 Å². The smallest absolute Gasteiger partial charge is 0.267 e. The van der Waals surface area contributed by atoms with Gasteiger partial charge in [-0.25, -0.2) is 18.6 Å². The summed E-state index contributed by atoms with van der Waals surface area (Å²) in [6.07, 6.45) is 0.725. The normalized spacial score (nSPS) is 44.3. The van der Waals surface area contributed by atoms with Crippen LogP contribution in [0.5, 0.6) is 0 Å². The molecule has 7 nitrogen and oxygen atoms in total. The van der Waals surface area contributed by atoms with Gasteiger partial charge >= 0.3 is 0 Å². The Bertz CT molecular complexity index is 746. The van der Waals surface area contributed by atoms with Gasteiger partial charge in [-0.1, -0.05) is 0 Å². The molecule has 5 aliphatic rings. The zero-order chi connectivity index (χ0) is 21.9. The van der Waals surface area contributed by atoms with Crippen LogP contribution in [-0.2, 0) is 9.59 Å². The number of hydrogen-bond acceptors (Lipinski definition) is 5. The number of alkyl halides is 4. The summed E-state index contributed by atoms with van der Waals surface area (Å²) in [5.41, 5.74) is 6.10. The predicted molar refractivity (Wildman–Crippen MR) is 107 cm³/mol. The molecule has 5 rings (SSSR count). The molecule has 31 heavy (non-hydrogen) atoms. The molecule has 1 saturated carbocycles. The molecule has 8 atom stereocenters. The summed E-state index contributed by atoms with van der Waals surface area (Å²) >= 11 is 6.36. The molecular weight excluding hydrogens is 435 g/mol. The second-order valence-corrected chi connectivity index (χ2v) is 10.3. The first kappa shape index (κ1) is 21.7. The summed E-state index contributed by atoms with van der Waals surface area (Å²) in [4.78, 5) is 29.1. The summed E-state index contributed by atoms with van der Waals surface area (Å²) in [5.74, 6) is -3.31.